The van der Waals surface area contributed by atoms with Gasteiger partial charge >= 0.3 is 0 Å². The van der Waals surface area contributed by atoms with E-state index < -0.39 is 0 Å². The highest BCUT2D eigenvalue weighted by Crippen LogP contribution is 2.32. The summed E-state index contributed by atoms with van der Waals surface area (Å²) < 4.78 is 11.0. The van der Waals surface area contributed by atoms with Crippen LogP contribution >= 0.6 is 11.6 Å². The third-order valence-corrected chi connectivity index (χ3v) is 5.06. The van der Waals surface area contributed by atoms with Crippen LogP contribution in [0.15, 0.2) is 41.4 Å². The molecule has 29 heavy (non-hydrogen) atoms. The van der Waals surface area contributed by atoms with E-state index in [2.05, 4.69) is 16.3 Å². The normalized spacial score (nSPS) is 13.1. The van der Waals surface area contributed by atoms with Gasteiger partial charge in [-0.25, -0.2) is 0 Å². The first-order valence-electron chi connectivity index (χ1n) is 9.56. The highest BCUT2D eigenvalue weighted by Gasteiger charge is 2.20. The molecule has 0 amide bonds. The van der Waals surface area contributed by atoms with E-state index in [9.17, 15) is 5.26 Å². The molecular formula is C22H25ClN4O2. The van der Waals surface area contributed by atoms with Gasteiger partial charge in [-0.05, 0) is 19.2 Å². The van der Waals surface area contributed by atoms with Crippen molar-refractivity contribution in [3.8, 4) is 11.8 Å². The van der Waals surface area contributed by atoms with E-state index in [1.807, 2.05) is 43.4 Å². The van der Waals surface area contributed by atoms with Crippen LogP contribution in [0, 0.1) is 11.3 Å². The number of benzodiazepines with no additional fused rings is 1. The molecule has 0 spiro atoms. The van der Waals surface area contributed by atoms with Crippen molar-refractivity contribution in [3.05, 3.63) is 58.1 Å². The number of benzene rings is 2. The molecule has 0 saturated carbocycles. The molecule has 7 heteroatoms. The monoisotopic (exact) mass is 412 g/mol. The molecule has 0 atom stereocenters. The average Bonchev–Trinajstić information content (AvgIpc) is 2.94. The van der Waals surface area contributed by atoms with Gasteiger partial charge in [-0.1, -0.05) is 29.8 Å². The van der Waals surface area contributed by atoms with Crippen molar-refractivity contribution < 1.29 is 9.47 Å². The van der Waals surface area contributed by atoms with Gasteiger partial charge in [0.15, 0.2) is 0 Å². The molecule has 1 aliphatic rings. The second kappa shape index (κ2) is 10.3. The van der Waals surface area contributed by atoms with Crippen LogP contribution in [0.25, 0.3) is 0 Å². The molecule has 0 unspecified atom stereocenters. The molecule has 0 radical (unpaired) electrons. The third-order valence-electron chi connectivity index (χ3n) is 4.73. The molecule has 0 saturated heterocycles. The first kappa shape index (κ1) is 21.1. The predicted molar refractivity (Wildman–Crippen MR) is 116 cm³/mol. The van der Waals surface area contributed by atoms with Crippen molar-refractivity contribution in [1.29, 1.82) is 5.26 Å². The van der Waals surface area contributed by atoms with E-state index in [-0.39, 0.29) is 0 Å². The van der Waals surface area contributed by atoms with Crippen molar-refractivity contribution in [1.82, 2.24) is 4.90 Å². The zero-order chi connectivity index (χ0) is 20.6. The summed E-state index contributed by atoms with van der Waals surface area (Å²) in [5.41, 5.74) is 3.88. The van der Waals surface area contributed by atoms with Gasteiger partial charge in [0.2, 0.25) is 0 Å². The number of aliphatic imine (C=N–C) groups is 1. The lowest BCUT2D eigenvalue weighted by Gasteiger charge is -2.18. The van der Waals surface area contributed by atoms with Gasteiger partial charge in [0, 0.05) is 54.6 Å². The maximum atomic E-state index is 9.68. The van der Waals surface area contributed by atoms with Crippen LogP contribution in [-0.4, -0.2) is 64.2 Å². The lowest BCUT2D eigenvalue weighted by molar-refractivity contribution is 0.150. The standard InChI is InChI=1S/C22H25ClN4O2/c1-27(9-11-28-2)10-12-29-21-14-20-18(13-16(21)15-24)22(26-8-7-25-20)17-5-3-4-6-19(17)23/h3-6,13-14,25H,7-12H2,1-2H3. The number of hydrogen-bond donors (Lipinski definition) is 1. The van der Waals surface area contributed by atoms with Crippen molar-refractivity contribution >= 4 is 23.0 Å². The number of rotatable bonds is 8. The zero-order valence-electron chi connectivity index (χ0n) is 16.7. The van der Waals surface area contributed by atoms with Gasteiger partial charge in [0.25, 0.3) is 0 Å². The van der Waals surface area contributed by atoms with Crippen LogP contribution in [0.2, 0.25) is 5.02 Å². The minimum Gasteiger partial charge on any atom is -0.491 e. The van der Waals surface area contributed by atoms with Gasteiger partial charge < -0.3 is 19.7 Å². The number of nitriles is 1. The number of likely N-dealkylation sites (N-methyl/N-ethyl adjacent to an activating group) is 1. The number of methoxy groups -OCH3 is 1. The summed E-state index contributed by atoms with van der Waals surface area (Å²) >= 11 is 6.41. The van der Waals surface area contributed by atoms with Gasteiger partial charge in [0.05, 0.1) is 24.4 Å². The Labute approximate surface area is 176 Å². The van der Waals surface area contributed by atoms with Gasteiger partial charge in [0.1, 0.15) is 18.4 Å². The summed E-state index contributed by atoms with van der Waals surface area (Å²) in [6, 6.07) is 13.6. The largest absolute Gasteiger partial charge is 0.491 e. The smallest absolute Gasteiger partial charge is 0.139 e. The molecule has 2 aromatic carbocycles. The Morgan fingerprint density at radius 3 is 2.76 bits per heavy atom. The Bertz CT molecular complexity index is 924. The van der Waals surface area contributed by atoms with Crippen molar-refractivity contribution in [3.63, 3.8) is 0 Å². The van der Waals surface area contributed by atoms with E-state index in [0.29, 0.717) is 42.6 Å². The highest BCUT2D eigenvalue weighted by molar-refractivity contribution is 6.35. The Balaban J connectivity index is 1.85. The van der Waals surface area contributed by atoms with E-state index in [1.54, 1.807) is 7.11 Å². The first-order chi connectivity index (χ1) is 14.1. The number of hydrogen-bond acceptors (Lipinski definition) is 6. The molecule has 3 rings (SSSR count). The molecule has 0 bridgehead atoms. The van der Waals surface area contributed by atoms with Gasteiger partial charge in [-0.3, -0.25) is 4.99 Å². The number of anilines is 1. The van der Waals surface area contributed by atoms with Crippen LogP contribution < -0.4 is 10.1 Å². The molecule has 6 nitrogen and oxygen atoms in total. The lowest BCUT2D eigenvalue weighted by Crippen LogP contribution is -2.27. The summed E-state index contributed by atoms with van der Waals surface area (Å²) in [7, 11) is 3.70. The van der Waals surface area contributed by atoms with Crippen LogP contribution in [-0.2, 0) is 4.74 Å². The Kier molecular flexibility index (Phi) is 7.48. The highest BCUT2D eigenvalue weighted by atomic mass is 35.5. The number of nitrogens with zero attached hydrogens (tertiary/aromatic N) is 3. The molecule has 152 valence electrons. The van der Waals surface area contributed by atoms with Crippen molar-refractivity contribution in [2.24, 2.45) is 4.99 Å². The number of fused-ring (bicyclic) bond motifs is 1. The SMILES string of the molecule is COCCN(C)CCOc1cc2c(cc1C#N)C(c1ccccc1Cl)=NCCN2. The maximum Gasteiger partial charge on any atom is 0.139 e. The van der Waals surface area contributed by atoms with Crippen LogP contribution in [0.5, 0.6) is 5.75 Å². The molecule has 1 aliphatic heterocycles. The van der Waals surface area contributed by atoms with Gasteiger partial charge in [-0.2, -0.15) is 5.26 Å². The van der Waals surface area contributed by atoms with E-state index in [4.69, 9.17) is 26.1 Å². The fraction of sp³-hybridized carbons (Fsp3) is 0.364. The van der Waals surface area contributed by atoms with E-state index in [0.717, 1.165) is 35.6 Å². The van der Waals surface area contributed by atoms with Crippen LogP contribution in [0.4, 0.5) is 5.69 Å². The van der Waals surface area contributed by atoms with Crippen molar-refractivity contribution in [2.75, 3.05) is 58.9 Å². The average molecular weight is 413 g/mol. The number of ether oxygens (including phenoxy) is 2. The summed E-state index contributed by atoms with van der Waals surface area (Å²) in [4.78, 5) is 6.84. The second-order valence-corrected chi connectivity index (χ2v) is 7.19. The molecule has 1 N–H and O–H groups in total. The number of halogens is 1. The predicted octanol–water partition coefficient (Wildman–Crippen LogP) is 3.43. The molecule has 2 aromatic rings. The topological polar surface area (TPSA) is 69.9 Å². The zero-order valence-corrected chi connectivity index (χ0v) is 17.5. The molecule has 0 aromatic heterocycles. The Hall–Kier alpha value is -2.59. The van der Waals surface area contributed by atoms with Crippen LogP contribution in [0.3, 0.4) is 0 Å². The molecule has 0 aliphatic carbocycles. The summed E-state index contributed by atoms with van der Waals surface area (Å²) in [5.74, 6) is 0.569. The lowest BCUT2D eigenvalue weighted by atomic mass is 9.98. The molecular weight excluding hydrogens is 388 g/mol. The van der Waals surface area contributed by atoms with Gasteiger partial charge in [-0.15, -0.1) is 0 Å². The van der Waals surface area contributed by atoms with E-state index in [1.165, 1.54) is 0 Å². The fourth-order valence-corrected chi connectivity index (χ4v) is 3.35. The second-order valence-electron chi connectivity index (χ2n) is 6.79. The maximum absolute atomic E-state index is 9.68. The summed E-state index contributed by atoms with van der Waals surface area (Å²) in [6.45, 7) is 4.05. The third kappa shape index (κ3) is 5.27. The van der Waals surface area contributed by atoms with Crippen LogP contribution in [0.1, 0.15) is 16.7 Å². The minimum atomic E-state index is 0.478. The Morgan fingerprint density at radius 2 is 2.00 bits per heavy atom. The minimum absolute atomic E-state index is 0.478. The number of nitrogens with one attached hydrogen (secondary N) is 1. The first-order valence-corrected chi connectivity index (χ1v) is 9.94. The fourth-order valence-electron chi connectivity index (χ4n) is 3.13. The van der Waals surface area contributed by atoms with Crippen molar-refractivity contribution in [2.45, 2.75) is 0 Å². The Morgan fingerprint density at radius 1 is 1.21 bits per heavy atom. The molecule has 1 heterocycles. The van der Waals surface area contributed by atoms with E-state index >= 15 is 0 Å². The quantitative estimate of drug-likeness (QED) is 0.719. The summed E-state index contributed by atoms with van der Waals surface area (Å²) in [6.07, 6.45) is 0. The molecule has 0 fully saturated rings. The summed E-state index contributed by atoms with van der Waals surface area (Å²) in [5, 5.41) is 13.7.